The highest BCUT2D eigenvalue weighted by atomic mass is 15.2. The molecule has 2 heterocycles. The largest absolute Gasteiger partial charge is 0.350 e. The second-order valence-corrected chi connectivity index (χ2v) is 6.62. The molecule has 0 radical (unpaired) electrons. The van der Waals surface area contributed by atoms with E-state index in [-0.39, 0.29) is 11.0 Å². The Hall–Kier alpha value is -1.65. The average Bonchev–Trinajstić information content (AvgIpc) is 2.59. The van der Waals surface area contributed by atoms with Crippen LogP contribution in [0.5, 0.6) is 0 Å². The molecule has 5 heteroatoms. The Morgan fingerprint density at radius 3 is 2.28 bits per heavy atom. The maximum absolute atomic E-state index is 4.64. The Balaban J connectivity index is 2.58. The predicted octanol–water partition coefficient (Wildman–Crippen LogP) is 2.86. The number of fused-ring (bicyclic) bond motifs is 1. The highest BCUT2D eigenvalue weighted by molar-refractivity contribution is 5.75. The normalized spacial score (nSPS) is 13.0. The van der Waals surface area contributed by atoms with Crippen molar-refractivity contribution in [2.75, 3.05) is 5.32 Å². The fourth-order valence-electron chi connectivity index (χ4n) is 1.77. The minimum atomic E-state index is -0.0703. The monoisotopic (exact) mass is 247 g/mol. The van der Waals surface area contributed by atoms with Crippen molar-refractivity contribution < 1.29 is 0 Å². The Bertz CT molecular complexity index is 557. The Kier molecular flexibility index (Phi) is 2.80. The van der Waals surface area contributed by atoms with Gasteiger partial charge in [0, 0.05) is 11.0 Å². The molecular weight excluding hydrogens is 226 g/mol. The van der Waals surface area contributed by atoms with Crippen LogP contribution < -0.4 is 5.32 Å². The number of nitrogens with zero attached hydrogens (tertiary/aromatic N) is 3. The first-order chi connectivity index (χ1) is 8.17. The van der Waals surface area contributed by atoms with Gasteiger partial charge in [0.1, 0.15) is 5.52 Å². The van der Waals surface area contributed by atoms with Gasteiger partial charge in [-0.15, -0.1) is 0 Å². The van der Waals surface area contributed by atoms with Gasteiger partial charge in [-0.3, -0.25) is 0 Å². The van der Waals surface area contributed by atoms with Gasteiger partial charge in [-0.1, -0.05) is 20.8 Å². The van der Waals surface area contributed by atoms with Crippen molar-refractivity contribution in [3.05, 3.63) is 12.0 Å². The summed E-state index contributed by atoms with van der Waals surface area (Å²) in [6, 6.07) is 0. The zero-order valence-electron chi connectivity index (χ0n) is 11.9. The van der Waals surface area contributed by atoms with Gasteiger partial charge in [0.05, 0.1) is 12.0 Å². The van der Waals surface area contributed by atoms with Gasteiger partial charge >= 0.3 is 0 Å². The summed E-state index contributed by atoms with van der Waals surface area (Å²) in [7, 11) is 0. The number of H-pyrrole nitrogens is 1. The molecule has 0 fully saturated rings. The van der Waals surface area contributed by atoms with Crippen LogP contribution in [0.3, 0.4) is 0 Å². The summed E-state index contributed by atoms with van der Waals surface area (Å²) in [6.45, 7) is 12.7. The quantitative estimate of drug-likeness (QED) is 0.813. The fourth-order valence-corrected chi connectivity index (χ4v) is 1.77. The number of aromatic amines is 1. The number of imidazole rings is 1. The van der Waals surface area contributed by atoms with Gasteiger partial charge in [-0.05, 0) is 20.8 Å². The van der Waals surface area contributed by atoms with Crippen LogP contribution in [0.15, 0.2) is 6.33 Å². The molecule has 2 aromatic heterocycles. The smallest absolute Gasteiger partial charge is 0.225 e. The van der Waals surface area contributed by atoms with Gasteiger partial charge in [0.15, 0.2) is 5.65 Å². The maximum atomic E-state index is 4.64. The highest BCUT2D eigenvalue weighted by Crippen LogP contribution is 2.27. The van der Waals surface area contributed by atoms with Crippen LogP contribution in [0.2, 0.25) is 0 Å². The molecule has 0 aliphatic carbocycles. The SMILES string of the molecule is CC(C)(C)Nc1nc(C(C)(C)C)c2[nH]cnc2n1. The molecule has 0 bridgehead atoms. The molecule has 0 amide bonds. The van der Waals surface area contributed by atoms with Crippen molar-refractivity contribution in [2.45, 2.75) is 52.5 Å². The third-order valence-corrected chi connectivity index (χ3v) is 2.48. The lowest BCUT2D eigenvalue weighted by Crippen LogP contribution is -2.28. The summed E-state index contributed by atoms with van der Waals surface area (Å²) in [5.74, 6) is 0.632. The lowest BCUT2D eigenvalue weighted by molar-refractivity contribution is 0.569. The number of anilines is 1. The van der Waals surface area contributed by atoms with Crippen molar-refractivity contribution in [1.29, 1.82) is 0 Å². The summed E-state index contributed by atoms with van der Waals surface area (Å²) in [5.41, 5.74) is 2.49. The van der Waals surface area contributed by atoms with E-state index in [0.717, 1.165) is 11.2 Å². The Morgan fingerprint density at radius 2 is 1.72 bits per heavy atom. The zero-order valence-corrected chi connectivity index (χ0v) is 11.9. The van der Waals surface area contributed by atoms with Crippen molar-refractivity contribution in [3.63, 3.8) is 0 Å². The van der Waals surface area contributed by atoms with Crippen LogP contribution in [0.1, 0.15) is 47.2 Å². The predicted molar refractivity (Wildman–Crippen MR) is 73.8 cm³/mol. The maximum Gasteiger partial charge on any atom is 0.225 e. The summed E-state index contributed by atoms with van der Waals surface area (Å²) < 4.78 is 0. The molecular formula is C13H21N5. The van der Waals surface area contributed by atoms with E-state index in [4.69, 9.17) is 0 Å². The molecule has 0 atom stereocenters. The Morgan fingerprint density at radius 1 is 1.06 bits per heavy atom. The van der Waals surface area contributed by atoms with E-state index in [9.17, 15) is 0 Å². The summed E-state index contributed by atoms with van der Waals surface area (Å²) in [4.78, 5) is 16.4. The lowest BCUT2D eigenvalue weighted by atomic mass is 9.91. The van der Waals surface area contributed by atoms with E-state index in [1.54, 1.807) is 6.33 Å². The van der Waals surface area contributed by atoms with Crippen molar-refractivity contribution >= 4 is 17.1 Å². The first-order valence-electron chi connectivity index (χ1n) is 6.16. The molecule has 2 rings (SSSR count). The molecule has 0 aliphatic rings. The second kappa shape index (κ2) is 3.93. The first kappa shape index (κ1) is 12.8. The standard InChI is InChI=1S/C13H21N5/c1-12(2,3)9-8-10(15-7-14-8)17-11(16-9)18-13(4,5)6/h7H,1-6H3,(H2,14,15,16,17,18). The average molecular weight is 247 g/mol. The number of hydrogen-bond acceptors (Lipinski definition) is 4. The molecule has 98 valence electrons. The minimum Gasteiger partial charge on any atom is -0.350 e. The Labute approximate surface area is 107 Å². The van der Waals surface area contributed by atoms with E-state index in [0.29, 0.717) is 11.6 Å². The third kappa shape index (κ3) is 2.60. The highest BCUT2D eigenvalue weighted by Gasteiger charge is 2.23. The number of aromatic nitrogens is 4. The molecule has 2 aromatic rings. The van der Waals surface area contributed by atoms with Crippen molar-refractivity contribution in [2.24, 2.45) is 0 Å². The molecule has 18 heavy (non-hydrogen) atoms. The third-order valence-electron chi connectivity index (χ3n) is 2.48. The lowest BCUT2D eigenvalue weighted by Gasteiger charge is -2.23. The molecule has 0 aliphatic heterocycles. The number of rotatable bonds is 1. The minimum absolute atomic E-state index is 0.0535. The molecule has 2 N–H and O–H groups in total. The van der Waals surface area contributed by atoms with Crippen molar-refractivity contribution in [1.82, 2.24) is 19.9 Å². The molecule has 0 saturated carbocycles. The van der Waals surface area contributed by atoms with Gasteiger partial charge in [0.25, 0.3) is 0 Å². The topological polar surface area (TPSA) is 66.5 Å². The van der Waals surface area contributed by atoms with Gasteiger partial charge < -0.3 is 10.3 Å². The molecule has 0 aromatic carbocycles. The molecule has 0 spiro atoms. The van der Waals surface area contributed by atoms with Crippen molar-refractivity contribution in [3.8, 4) is 0 Å². The summed E-state index contributed by atoms with van der Waals surface area (Å²) in [5, 5.41) is 3.30. The van der Waals surface area contributed by atoms with E-state index >= 15 is 0 Å². The van der Waals surface area contributed by atoms with E-state index in [1.165, 1.54) is 0 Å². The van der Waals surface area contributed by atoms with Crippen LogP contribution in [-0.2, 0) is 5.41 Å². The van der Waals surface area contributed by atoms with E-state index in [2.05, 4.69) is 66.8 Å². The van der Waals surface area contributed by atoms with Crippen LogP contribution in [0, 0.1) is 0 Å². The first-order valence-corrected chi connectivity index (χ1v) is 6.16. The molecule has 5 nitrogen and oxygen atoms in total. The van der Waals surface area contributed by atoms with Gasteiger partial charge in [-0.25, -0.2) is 9.97 Å². The van der Waals surface area contributed by atoms with Crippen LogP contribution in [0.4, 0.5) is 5.95 Å². The fraction of sp³-hybridized carbons (Fsp3) is 0.615. The zero-order chi connectivity index (χ0) is 13.6. The van der Waals surface area contributed by atoms with Crippen LogP contribution in [-0.4, -0.2) is 25.5 Å². The molecule has 0 unspecified atom stereocenters. The van der Waals surface area contributed by atoms with Crippen LogP contribution in [0.25, 0.3) is 11.2 Å². The summed E-state index contributed by atoms with van der Waals surface area (Å²) >= 11 is 0. The number of hydrogen-bond donors (Lipinski definition) is 2. The number of nitrogens with one attached hydrogen (secondary N) is 2. The van der Waals surface area contributed by atoms with Gasteiger partial charge in [0.2, 0.25) is 5.95 Å². The summed E-state index contributed by atoms with van der Waals surface area (Å²) in [6.07, 6.45) is 1.66. The van der Waals surface area contributed by atoms with E-state index < -0.39 is 0 Å². The second-order valence-electron chi connectivity index (χ2n) is 6.62. The van der Waals surface area contributed by atoms with E-state index in [1.807, 2.05) is 0 Å². The van der Waals surface area contributed by atoms with Crippen LogP contribution >= 0.6 is 0 Å². The van der Waals surface area contributed by atoms with Gasteiger partial charge in [-0.2, -0.15) is 4.98 Å². The molecule has 0 saturated heterocycles.